The van der Waals surface area contributed by atoms with Gasteiger partial charge in [0.25, 0.3) is 0 Å². The minimum absolute atomic E-state index is 0.00249. The molecule has 51 heavy (non-hydrogen) atoms. The first-order valence-corrected chi connectivity index (χ1v) is 16.9. The van der Waals surface area contributed by atoms with Crippen LogP contribution in [0, 0.1) is 0 Å². The zero-order chi connectivity index (χ0) is 38.8. The van der Waals surface area contributed by atoms with Gasteiger partial charge in [0.05, 0.1) is 9.79 Å². The molecule has 4 amide bonds. The topological polar surface area (TPSA) is 384 Å². The van der Waals surface area contributed by atoms with Gasteiger partial charge >= 0.3 is 23.9 Å². The first kappa shape index (κ1) is 44.2. The van der Waals surface area contributed by atoms with Crippen LogP contribution >= 0.6 is 23.5 Å². The SMILES string of the molecule is NCCc1cc(SC[C@@H](NC(=O)CC[C@H](N)C(=O)O)C(=O)NCC(=O)O)c(O)c(O)c1SC[C@@H](NC(=O)CC[C@H](N)C(=O)O)C(=O)NCC(=O)O. The van der Waals surface area contributed by atoms with Crippen LogP contribution in [0.15, 0.2) is 15.9 Å². The van der Waals surface area contributed by atoms with E-state index in [9.17, 15) is 48.6 Å². The van der Waals surface area contributed by atoms with Crippen molar-refractivity contribution >= 4 is 71.0 Å². The summed E-state index contributed by atoms with van der Waals surface area (Å²) in [6.07, 6.45) is -1.20. The molecule has 284 valence electrons. The molecule has 16 N–H and O–H groups in total. The fourth-order valence-electron chi connectivity index (χ4n) is 3.91. The van der Waals surface area contributed by atoms with Crippen molar-refractivity contribution in [2.45, 2.75) is 66.1 Å². The fraction of sp³-hybridized carbons (Fsp3) is 0.500. The molecule has 0 unspecified atom stereocenters. The number of nitrogens with two attached hydrogens (primary N) is 3. The van der Waals surface area contributed by atoms with E-state index in [1.165, 1.54) is 6.07 Å². The van der Waals surface area contributed by atoms with Crippen LogP contribution in [0.25, 0.3) is 0 Å². The Morgan fingerprint density at radius 1 is 0.686 bits per heavy atom. The number of thioether (sulfide) groups is 2. The van der Waals surface area contributed by atoms with Crippen molar-refractivity contribution in [3.8, 4) is 11.5 Å². The predicted octanol–water partition coefficient (Wildman–Crippen LogP) is -3.46. The third-order valence-electron chi connectivity index (χ3n) is 6.61. The molecule has 1 rings (SSSR count). The van der Waals surface area contributed by atoms with E-state index >= 15 is 0 Å². The van der Waals surface area contributed by atoms with Crippen LogP contribution in [0.5, 0.6) is 11.5 Å². The van der Waals surface area contributed by atoms with Crippen molar-refractivity contribution < 1.29 is 69.0 Å². The van der Waals surface area contributed by atoms with Crippen LogP contribution in [0.4, 0.5) is 0 Å². The lowest BCUT2D eigenvalue weighted by molar-refractivity contribution is -0.140. The van der Waals surface area contributed by atoms with Crippen LogP contribution in [-0.4, -0.2) is 133 Å². The van der Waals surface area contributed by atoms with E-state index in [1.807, 2.05) is 0 Å². The summed E-state index contributed by atoms with van der Waals surface area (Å²) in [5, 5.41) is 66.6. The molecule has 1 aromatic rings. The zero-order valence-corrected chi connectivity index (χ0v) is 28.6. The second kappa shape index (κ2) is 22.1. The summed E-state index contributed by atoms with van der Waals surface area (Å²) in [6.45, 7) is -1.55. The number of amides is 4. The molecule has 0 aromatic heterocycles. The number of aliphatic carboxylic acids is 4. The molecular formula is C28H41N7O14S2. The van der Waals surface area contributed by atoms with E-state index in [0.29, 0.717) is 5.56 Å². The van der Waals surface area contributed by atoms with Crippen molar-refractivity contribution in [1.29, 1.82) is 0 Å². The standard InChI is InChI=1S/C28H41N7O14S2/c29-6-5-12-7-17(50-10-15(25(44)32-8-20(38)39)34-18(36)3-1-13(30)27(46)47)22(42)23(43)24(12)51-11-16(26(45)33-9-21(40)41)35-19(37)4-2-14(31)28(48)49/h7,13-16,42-43H,1-6,8-11,29-31H2,(H,32,44)(H,33,45)(H,34,36)(H,35,37)(H,38,39)(H,40,41)(H,46,47)(H,48,49)/t13-,14-,15+,16+/m0/s1. The number of carboxylic acids is 4. The molecule has 4 atom stereocenters. The Labute approximate surface area is 298 Å². The van der Waals surface area contributed by atoms with Gasteiger partial charge in [-0.1, -0.05) is 0 Å². The second-order valence-electron chi connectivity index (χ2n) is 10.7. The maximum Gasteiger partial charge on any atom is 0.322 e. The number of carbonyl (C=O) groups excluding carboxylic acids is 4. The highest BCUT2D eigenvalue weighted by Crippen LogP contribution is 2.45. The number of hydrogen-bond acceptors (Lipinski definition) is 15. The number of benzene rings is 1. The summed E-state index contributed by atoms with van der Waals surface area (Å²) in [7, 11) is 0. The van der Waals surface area contributed by atoms with E-state index < -0.39 is 96.3 Å². The number of phenols is 2. The van der Waals surface area contributed by atoms with Gasteiger partial charge < -0.3 is 69.1 Å². The molecule has 1 aromatic carbocycles. The Morgan fingerprint density at radius 3 is 1.51 bits per heavy atom. The van der Waals surface area contributed by atoms with Crippen LogP contribution in [-0.2, 0) is 44.8 Å². The molecule has 0 radical (unpaired) electrons. The van der Waals surface area contributed by atoms with Crippen molar-refractivity contribution in [3.05, 3.63) is 11.6 Å². The Morgan fingerprint density at radius 2 is 1.12 bits per heavy atom. The minimum atomic E-state index is -1.40. The van der Waals surface area contributed by atoms with Crippen LogP contribution in [0.1, 0.15) is 31.2 Å². The van der Waals surface area contributed by atoms with E-state index in [-0.39, 0.29) is 59.9 Å². The number of rotatable bonds is 24. The third-order valence-corrected chi connectivity index (χ3v) is 8.98. The molecule has 21 nitrogen and oxygen atoms in total. The first-order chi connectivity index (χ1) is 23.9. The van der Waals surface area contributed by atoms with Crippen molar-refractivity contribution in [2.24, 2.45) is 17.2 Å². The molecule has 23 heteroatoms. The van der Waals surface area contributed by atoms with Gasteiger partial charge in [0.15, 0.2) is 11.5 Å². The highest BCUT2D eigenvalue weighted by molar-refractivity contribution is 8.00. The number of carbonyl (C=O) groups is 8. The number of phenolic OH excluding ortho intramolecular Hbond substituents is 2. The van der Waals surface area contributed by atoms with Gasteiger partial charge in [-0.15, -0.1) is 23.5 Å². The normalized spacial score (nSPS) is 13.2. The molecule has 0 bridgehead atoms. The smallest absolute Gasteiger partial charge is 0.322 e. The fourth-order valence-corrected chi connectivity index (χ4v) is 6.10. The van der Waals surface area contributed by atoms with Crippen molar-refractivity contribution in [1.82, 2.24) is 21.3 Å². The number of hydrogen-bond donors (Lipinski definition) is 13. The summed E-state index contributed by atoms with van der Waals surface area (Å²) < 4.78 is 0. The zero-order valence-electron chi connectivity index (χ0n) is 27.0. The molecule has 0 aliphatic carbocycles. The summed E-state index contributed by atoms with van der Waals surface area (Å²) >= 11 is 1.57. The highest BCUT2D eigenvalue weighted by atomic mass is 32.2. The summed E-state index contributed by atoms with van der Waals surface area (Å²) in [5.41, 5.74) is 16.9. The number of aromatic hydroxyl groups is 2. The first-order valence-electron chi connectivity index (χ1n) is 15.0. The van der Waals surface area contributed by atoms with E-state index in [2.05, 4.69) is 21.3 Å². The summed E-state index contributed by atoms with van der Waals surface area (Å²) in [5.74, 6) is -10.8. The molecule has 0 saturated heterocycles. The largest absolute Gasteiger partial charge is 0.503 e. The molecule has 0 heterocycles. The maximum absolute atomic E-state index is 12.8. The van der Waals surface area contributed by atoms with Gasteiger partial charge in [0, 0.05) is 24.3 Å². The summed E-state index contributed by atoms with van der Waals surface area (Å²) in [4.78, 5) is 94.3. The van der Waals surface area contributed by atoms with E-state index in [0.717, 1.165) is 23.5 Å². The third kappa shape index (κ3) is 16.2. The molecule has 0 fully saturated rings. The number of carboxylic acid groups (broad SMARTS) is 4. The summed E-state index contributed by atoms with van der Waals surface area (Å²) in [6, 6.07) is -4.10. The number of nitrogens with one attached hydrogen (secondary N) is 4. The molecule has 0 spiro atoms. The van der Waals surface area contributed by atoms with Gasteiger partial charge in [-0.2, -0.15) is 0 Å². The van der Waals surface area contributed by atoms with Crippen LogP contribution in [0.3, 0.4) is 0 Å². The Balaban J connectivity index is 3.27. The monoisotopic (exact) mass is 763 g/mol. The van der Waals surface area contributed by atoms with Gasteiger partial charge in [-0.25, -0.2) is 0 Å². The molecular weight excluding hydrogens is 722 g/mol. The van der Waals surface area contributed by atoms with Crippen molar-refractivity contribution in [2.75, 3.05) is 31.1 Å². The van der Waals surface area contributed by atoms with Gasteiger partial charge in [0.2, 0.25) is 23.6 Å². The maximum atomic E-state index is 12.8. The molecule has 0 aliphatic rings. The molecule has 0 aliphatic heterocycles. The second-order valence-corrected chi connectivity index (χ2v) is 12.7. The predicted molar refractivity (Wildman–Crippen MR) is 179 cm³/mol. The minimum Gasteiger partial charge on any atom is -0.503 e. The average molecular weight is 764 g/mol. The lowest BCUT2D eigenvalue weighted by Gasteiger charge is -2.21. The van der Waals surface area contributed by atoms with E-state index in [1.54, 1.807) is 0 Å². The lowest BCUT2D eigenvalue weighted by atomic mass is 10.1. The Bertz CT molecular complexity index is 1460. The highest BCUT2D eigenvalue weighted by Gasteiger charge is 2.27. The van der Waals surface area contributed by atoms with Gasteiger partial charge in [-0.3, -0.25) is 38.4 Å². The Hall–Kier alpha value is -4.84. The average Bonchev–Trinajstić information content (AvgIpc) is 3.06. The lowest BCUT2D eigenvalue weighted by Crippen LogP contribution is -2.49. The van der Waals surface area contributed by atoms with Gasteiger partial charge in [0.1, 0.15) is 37.3 Å². The Kier molecular flexibility index (Phi) is 19.1. The molecule has 0 saturated carbocycles. The van der Waals surface area contributed by atoms with Crippen molar-refractivity contribution in [3.63, 3.8) is 0 Å². The van der Waals surface area contributed by atoms with Gasteiger partial charge in [-0.05, 0) is 37.4 Å². The van der Waals surface area contributed by atoms with Crippen LogP contribution < -0.4 is 38.5 Å². The quantitative estimate of drug-likeness (QED) is 0.0359. The van der Waals surface area contributed by atoms with E-state index in [4.69, 9.17) is 37.6 Å². The van der Waals surface area contributed by atoms with Crippen LogP contribution in [0.2, 0.25) is 0 Å².